The van der Waals surface area contributed by atoms with E-state index in [4.69, 9.17) is 0 Å². The van der Waals surface area contributed by atoms with Gasteiger partial charge in [0.05, 0.1) is 23.9 Å². The summed E-state index contributed by atoms with van der Waals surface area (Å²) in [5, 5.41) is 0.706. The van der Waals surface area contributed by atoms with Crippen molar-refractivity contribution in [3.8, 4) is 0 Å². The van der Waals surface area contributed by atoms with Crippen molar-refractivity contribution in [2.75, 3.05) is 13.1 Å². The number of rotatable bonds is 2. The van der Waals surface area contributed by atoms with Gasteiger partial charge in [-0.05, 0) is 38.1 Å². The summed E-state index contributed by atoms with van der Waals surface area (Å²) in [6.07, 6.45) is 5.44. The van der Waals surface area contributed by atoms with Gasteiger partial charge in [0, 0.05) is 0 Å². The lowest BCUT2D eigenvalue weighted by Gasteiger charge is -2.26. The fourth-order valence-corrected chi connectivity index (χ4v) is 2.52. The largest absolute Gasteiger partial charge is 0.286 e. The molecule has 0 amide bonds. The van der Waals surface area contributed by atoms with E-state index in [9.17, 15) is 4.79 Å². The van der Waals surface area contributed by atoms with Gasteiger partial charge in [-0.1, -0.05) is 18.6 Å². The van der Waals surface area contributed by atoms with Crippen molar-refractivity contribution in [2.45, 2.75) is 25.9 Å². The molecule has 1 aliphatic heterocycles. The first-order valence-electron chi connectivity index (χ1n) is 6.51. The lowest BCUT2D eigenvalue weighted by Crippen LogP contribution is -2.35. The number of hydrogen-bond acceptors (Lipinski definition) is 3. The van der Waals surface area contributed by atoms with Crippen molar-refractivity contribution in [3.05, 3.63) is 40.9 Å². The van der Waals surface area contributed by atoms with Gasteiger partial charge in [-0.3, -0.25) is 14.3 Å². The maximum absolute atomic E-state index is 12.3. The molecular weight excluding hydrogens is 226 g/mol. The second kappa shape index (κ2) is 4.90. The zero-order valence-corrected chi connectivity index (χ0v) is 10.4. The minimum atomic E-state index is 0.0613. The summed E-state index contributed by atoms with van der Waals surface area (Å²) < 4.78 is 1.72. The fraction of sp³-hybridized carbons (Fsp3) is 0.429. The van der Waals surface area contributed by atoms with Crippen LogP contribution in [0.15, 0.2) is 35.4 Å². The first-order chi connectivity index (χ1) is 8.84. The number of para-hydroxylation sites is 1. The highest BCUT2D eigenvalue weighted by molar-refractivity contribution is 5.76. The molecule has 0 unspecified atom stereocenters. The van der Waals surface area contributed by atoms with Crippen LogP contribution in [0.1, 0.15) is 19.3 Å². The summed E-state index contributed by atoms with van der Waals surface area (Å²) >= 11 is 0. The Hall–Kier alpha value is -1.68. The molecule has 2 heterocycles. The maximum Gasteiger partial charge on any atom is 0.262 e. The average Bonchev–Trinajstić information content (AvgIpc) is 2.43. The minimum Gasteiger partial charge on any atom is -0.286 e. The number of aromatic nitrogens is 2. The fourth-order valence-electron chi connectivity index (χ4n) is 2.52. The normalized spacial score (nSPS) is 17.1. The van der Waals surface area contributed by atoms with E-state index in [1.165, 1.54) is 19.3 Å². The highest BCUT2D eigenvalue weighted by Gasteiger charge is 2.11. The number of piperidine rings is 1. The lowest BCUT2D eigenvalue weighted by atomic mass is 10.1. The third-order valence-electron chi connectivity index (χ3n) is 3.53. The summed E-state index contributed by atoms with van der Waals surface area (Å²) in [5.74, 6) is 0. The molecule has 4 heteroatoms. The Morgan fingerprint density at radius 1 is 1.11 bits per heavy atom. The first-order valence-corrected chi connectivity index (χ1v) is 6.51. The monoisotopic (exact) mass is 243 g/mol. The quantitative estimate of drug-likeness (QED) is 0.807. The number of fused-ring (bicyclic) bond motifs is 1. The Morgan fingerprint density at radius 2 is 1.89 bits per heavy atom. The lowest BCUT2D eigenvalue weighted by molar-refractivity contribution is 0.179. The van der Waals surface area contributed by atoms with Gasteiger partial charge >= 0.3 is 0 Å². The standard InChI is InChI=1S/C14H17N3O/c18-14-12-6-2-3-7-13(12)15-10-17(14)11-16-8-4-1-5-9-16/h2-3,6-7,10H,1,4-5,8-9,11H2. The summed E-state index contributed by atoms with van der Waals surface area (Å²) in [5.41, 5.74) is 0.837. The van der Waals surface area contributed by atoms with E-state index in [1.54, 1.807) is 10.9 Å². The molecule has 94 valence electrons. The van der Waals surface area contributed by atoms with Crippen LogP contribution in [0.4, 0.5) is 0 Å². The summed E-state index contributed by atoms with van der Waals surface area (Å²) in [4.78, 5) is 19.0. The highest BCUT2D eigenvalue weighted by atomic mass is 16.1. The van der Waals surface area contributed by atoms with Crippen molar-refractivity contribution in [3.63, 3.8) is 0 Å². The zero-order valence-electron chi connectivity index (χ0n) is 10.4. The molecule has 0 spiro atoms. The number of nitrogens with zero attached hydrogens (tertiary/aromatic N) is 3. The van der Waals surface area contributed by atoms with E-state index in [0.717, 1.165) is 18.6 Å². The second-order valence-electron chi connectivity index (χ2n) is 4.86. The molecule has 1 aliphatic rings. The smallest absolute Gasteiger partial charge is 0.262 e. The predicted octanol–water partition coefficient (Wildman–Crippen LogP) is 1.84. The van der Waals surface area contributed by atoms with Crippen LogP contribution in [0.3, 0.4) is 0 Å². The summed E-state index contributed by atoms with van der Waals surface area (Å²) in [6.45, 7) is 2.83. The van der Waals surface area contributed by atoms with Crippen LogP contribution >= 0.6 is 0 Å². The summed E-state index contributed by atoms with van der Waals surface area (Å²) in [7, 11) is 0. The molecule has 0 aliphatic carbocycles. The van der Waals surface area contributed by atoms with Crippen molar-refractivity contribution in [2.24, 2.45) is 0 Å². The van der Waals surface area contributed by atoms with E-state index < -0.39 is 0 Å². The molecule has 1 saturated heterocycles. The van der Waals surface area contributed by atoms with Gasteiger partial charge in [0.1, 0.15) is 0 Å². The van der Waals surface area contributed by atoms with Crippen LogP contribution in [-0.4, -0.2) is 27.5 Å². The molecule has 2 aromatic rings. The molecule has 1 fully saturated rings. The Bertz CT molecular complexity index is 599. The molecular formula is C14H17N3O. The zero-order chi connectivity index (χ0) is 12.4. The van der Waals surface area contributed by atoms with Crippen LogP contribution in [-0.2, 0) is 6.67 Å². The van der Waals surface area contributed by atoms with Crippen LogP contribution in [0.2, 0.25) is 0 Å². The molecule has 0 radical (unpaired) electrons. The molecule has 0 N–H and O–H groups in total. The Morgan fingerprint density at radius 3 is 2.72 bits per heavy atom. The molecule has 18 heavy (non-hydrogen) atoms. The third kappa shape index (κ3) is 2.16. The van der Waals surface area contributed by atoms with Crippen LogP contribution in [0.25, 0.3) is 10.9 Å². The van der Waals surface area contributed by atoms with E-state index in [-0.39, 0.29) is 5.56 Å². The minimum absolute atomic E-state index is 0.0613. The van der Waals surface area contributed by atoms with Crippen molar-refractivity contribution >= 4 is 10.9 Å². The molecule has 0 atom stereocenters. The second-order valence-corrected chi connectivity index (χ2v) is 4.86. The van der Waals surface area contributed by atoms with Crippen molar-refractivity contribution < 1.29 is 0 Å². The predicted molar refractivity (Wildman–Crippen MR) is 71.4 cm³/mol. The molecule has 1 aromatic carbocycles. The molecule has 0 bridgehead atoms. The molecule has 4 nitrogen and oxygen atoms in total. The topological polar surface area (TPSA) is 38.1 Å². The van der Waals surface area contributed by atoms with Gasteiger partial charge in [-0.25, -0.2) is 4.98 Å². The van der Waals surface area contributed by atoms with Gasteiger partial charge in [-0.15, -0.1) is 0 Å². The SMILES string of the molecule is O=c1c2ccccc2ncn1CN1CCCCC1. The Kier molecular flexibility index (Phi) is 3.11. The number of hydrogen-bond donors (Lipinski definition) is 0. The van der Waals surface area contributed by atoms with E-state index in [1.807, 2.05) is 24.3 Å². The molecule has 1 aromatic heterocycles. The van der Waals surface area contributed by atoms with Crippen LogP contribution < -0.4 is 5.56 Å². The maximum atomic E-state index is 12.3. The van der Waals surface area contributed by atoms with Crippen LogP contribution in [0, 0.1) is 0 Å². The molecule has 0 saturated carbocycles. The summed E-state index contributed by atoms with van der Waals surface area (Å²) in [6, 6.07) is 7.51. The van der Waals surface area contributed by atoms with Gasteiger partial charge < -0.3 is 0 Å². The highest BCUT2D eigenvalue weighted by Crippen LogP contribution is 2.10. The Labute approximate surface area is 106 Å². The Balaban J connectivity index is 1.92. The van der Waals surface area contributed by atoms with Gasteiger partial charge in [0.2, 0.25) is 0 Å². The van der Waals surface area contributed by atoms with Gasteiger partial charge in [0.25, 0.3) is 5.56 Å². The third-order valence-corrected chi connectivity index (χ3v) is 3.53. The van der Waals surface area contributed by atoms with Crippen molar-refractivity contribution in [1.29, 1.82) is 0 Å². The van der Waals surface area contributed by atoms with Gasteiger partial charge in [-0.2, -0.15) is 0 Å². The number of benzene rings is 1. The van der Waals surface area contributed by atoms with E-state index in [2.05, 4.69) is 9.88 Å². The van der Waals surface area contributed by atoms with Gasteiger partial charge in [0.15, 0.2) is 0 Å². The average molecular weight is 243 g/mol. The van der Waals surface area contributed by atoms with Crippen LogP contribution in [0.5, 0.6) is 0 Å². The first kappa shape index (κ1) is 11.4. The number of likely N-dealkylation sites (tertiary alicyclic amines) is 1. The molecule has 3 rings (SSSR count). The van der Waals surface area contributed by atoms with E-state index in [0.29, 0.717) is 12.1 Å². The van der Waals surface area contributed by atoms with Crippen molar-refractivity contribution in [1.82, 2.24) is 14.5 Å². The van der Waals surface area contributed by atoms with E-state index >= 15 is 0 Å².